The van der Waals surface area contributed by atoms with Crippen LogP contribution >= 0.6 is 12.4 Å². The zero-order valence-electron chi connectivity index (χ0n) is 11.3. The van der Waals surface area contributed by atoms with Crippen molar-refractivity contribution in [3.05, 3.63) is 24.3 Å². The second-order valence-corrected chi connectivity index (χ2v) is 6.16. The molecule has 6 nitrogen and oxygen atoms in total. The predicted molar refractivity (Wildman–Crippen MR) is 79.9 cm³/mol. The zero-order valence-corrected chi connectivity index (χ0v) is 13.0. The van der Waals surface area contributed by atoms with E-state index in [-0.39, 0.29) is 42.3 Å². The zero-order chi connectivity index (χ0) is 14.5. The molecule has 1 rings (SSSR count). The lowest BCUT2D eigenvalue weighted by atomic mass is 10.2. The number of hydrogen-bond donors (Lipinski definition) is 2. The number of benzene rings is 1. The smallest absolute Gasteiger partial charge is 0.227 e. The molecule has 0 heterocycles. The van der Waals surface area contributed by atoms with Crippen molar-refractivity contribution in [2.75, 3.05) is 25.2 Å². The van der Waals surface area contributed by atoms with Crippen LogP contribution in [0.15, 0.2) is 29.2 Å². The van der Waals surface area contributed by atoms with Crippen molar-refractivity contribution >= 4 is 33.8 Å². The van der Waals surface area contributed by atoms with Crippen LogP contribution in [-0.2, 0) is 19.4 Å². The number of rotatable bonds is 6. The highest BCUT2D eigenvalue weighted by atomic mass is 35.5. The number of sulfone groups is 1. The molecule has 8 heteroatoms. The van der Waals surface area contributed by atoms with E-state index in [9.17, 15) is 13.2 Å². The molecule has 0 aliphatic heterocycles. The van der Waals surface area contributed by atoms with Crippen LogP contribution < -0.4 is 11.1 Å². The van der Waals surface area contributed by atoms with Crippen molar-refractivity contribution in [2.24, 2.45) is 5.73 Å². The molecule has 20 heavy (non-hydrogen) atoms. The van der Waals surface area contributed by atoms with E-state index in [2.05, 4.69) is 5.32 Å². The molecular formula is C12H19ClN2O4S. The fourth-order valence-corrected chi connectivity index (χ4v) is 2.15. The van der Waals surface area contributed by atoms with Crippen molar-refractivity contribution < 1.29 is 17.9 Å². The molecule has 1 aromatic rings. The summed E-state index contributed by atoms with van der Waals surface area (Å²) in [5.41, 5.74) is 5.85. The highest BCUT2D eigenvalue weighted by Gasteiger charge is 2.13. The van der Waals surface area contributed by atoms with Crippen LogP contribution in [0.25, 0.3) is 0 Å². The molecule has 0 bridgehead atoms. The Hall–Kier alpha value is -1.15. The number of hydrogen-bond acceptors (Lipinski definition) is 5. The van der Waals surface area contributed by atoms with Gasteiger partial charge >= 0.3 is 0 Å². The number of nitrogens with two attached hydrogens (primary N) is 1. The van der Waals surface area contributed by atoms with Crippen molar-refractivity contribution in [1.29, 1.82) is 0 Å². The fourth-order valence-electron chi connectivity index (χ4n) is 1.49. The van der Waals surface area contributed by atoms with E-state index < -0.39 is 9.84 Å². The van der Waals surface area contributed by atoms with E-state index >= 15 is 0 Å². The molecule has 0 saturated heterocycles. The Kier molecular flexibility index (Phi) is 7.74. The molecule has 0 fully saturated rings. The van der Waals surface area contributed by atoms with E-state index in [1.54, 1.807) is 12.1 Å². The van der Waals surface area contributed by atoms with Gasteiger partial charge in [0.05, 0.1) is 17.4 Å². The van der Waals surface area contributed by atoms with Crippen molar-refractivity contribution in [3.8, 4) is 0 Å². The van der Waals surface area contributed by atoms with Crippen LogP contribution in [0.2, 0.25) is 0 Å². The van der Waals surface area contributed by atoms with Gasteiger partial charge in [0.1, 0.15) is 0 Å². The average Bonchev–Trinajstić information content (AvgIpc) is 2.35. The number of nitrogens with one attached hydrogen (secondary N) is 1. The van der Waals surface area contributed by atoms with Crippen molar-refractivity contribution in [2.45, 2.75) is 17.4 Å². The topological polar surface area (TPSA) is 98.5 Å². The molecule has 1 unspecified atom stereocenters. The van der Waals surface area contributed by atoms with Gasteiger partial charge in [0, 0.05) is 25.6 Å². The third-order valence-corrected chi connectivity index (χ3v) is 3.67. The third-order valence-electron chi connectivity index (χ3n) is 2.56. The largest absolute Gasteiger partial charge is 0.380 e. The Labute approximate surface area is 125 Å². The standard InChI is InChI=1S/C12H18N2O4S.ClH/c1-18-10(8-13)7-12(15)14-9-4-3-5-11(6-9)19(2,16)17;/h3-6,10H,7-8,13H2,1-2H3,(H,14,15);1H. The first-order chi connectivity index (χ1) is 8.86. The second-order valence-electron chi connectivity index (χ2n) is 4.15. The molecule has 3 N–H and O–H groups in total. The monoisotopic (exact) mass is 322 g/mol. The highest BCUT2D eigenvalue weighted by Crippen LogP contribution is 2.15. The average molecular weight is 323 g/mol. The minimum atomic E-state index is -3.29. The van der Waals surface area contributed by atoms with Gasteiger partial charge < -0.3 is 15.8 Å². The van der Waals surface area contributed by atoms with E-state index in [1.165, 1.54) is 19.2 Å². The molecular weight excluding hydrogens is 304 g/mol. The van der Waals surface area contributed by atoms with Crippen LogP contribution in [0, 0.1) is 0 Å². The van der Waals surface area contributed by atoms with Crippen LogP contribution in [0.3, 0.4) is 0 Å². The normalized spacial score (nSPS) is 12.3. The molecule has 0 aliphatic rings. The number of amides is 1. The molecule has 0 spiro atoms. The van der Waals surface area contributed by atoms with Gasteiger partial charge in [0.25, 0.3) is 0 Å². The number of ether oxygens (including phenoxy) is 1. The molecule has 114 valence electrons. The van der Waals surface area contributed by atoms with Crippen LogP contribution in [0.4, 0.5) is 5.69 Å². The Bertz CT molecular complexity index is 544. The molecule has 1 atom stereocenters. The second kappa shape index (κ2) is 8.21. The van der Waals surface area contributed by atoms with Crippen LogP contribution in [0.1, 0.15) is 6.42 Å². The predicted octanol–water partition coefficient (Wildman–Crippen LogP) is 0.814. The maximum Gasteiger partial charge on any atom is 0.227 e. The number of carbonyl (C=O) groups is 1. The summed E-state index contributed by atoms with van der Waals surface area (Å²) in [7, 11) is -1.81. The van der Waals surface area contributed by atoms with Gasteiger partial charge in [-0.05, 0) is 18.2 Å². The van der Waals surface area contributed by atoms with E-state index in [0.717, 1.165) is 6.26 Å². The summed E-state index contributed by atoms with van der Waals surface area (Å²) in [6.45, 7) is 0.243. The third kappa shape index (κ3) is 5.87. The Morgan fingerprint density at radius 2 is 2.10 bits per heavy atom. The van der Waals surface area contributed by atoms with Gasteiger partial charge in [0.15, 0.2) is 9.84 Å². The summed E-state index contributed by atoms with van der Waals surface area (Å²) in [6, 6.07) is 6.08. The molecule has 1 aromatic carbocycles. The lowest BCUT2D eigenvalue weighted by Gasteiger charge is -2.12. The molecule has 0 radical (unpaired) electrons. The van der Waals surface area contributed by atoms with E-state index in [1.807, 2.05) is 0 Å². The highest BCUT2D eigenvalue weighted by molar-refractivity contribution is 7.90. The van der Waals surface area contributed by atoms with Crippen molar-refractivity contribution in [3.63, 3.8) is 0 Å². The summed E-state index contributed by atoms with van der Waals surface area (Å²) in [5, 5.41) is 2.61. The summed E-state index contributed by atoms with van der Waals surface area (Å²) >= 11 is 0. The van der Waals surface area contributed by atoms with Gasteiger partial charge in [-0.15, -0.1) is 12.4 Å². The molecule has 0 aliphatic carbocycles. The Balaban J connectivity index is 0.00000361. The van der Waals surface area contributed by atoms with Gasteiger partial charge in [-0.3, -0.25) is 4.79 Å². The minimum Gasteiger partial charge on any atom is -0.380 e. The summed E-state index contributed by atoms with van der Waals surface area (Å²) in [5.74, 6) is -0.275. The maximum atomic E-state index is 11.7. The first-order valence-electron chi connectivity index (χ1n) is 5.69. The first kappa shape index (κ1) is 18.9. The lowest BCUT2D eigenvalue weighted by Crippen LogP contribution is -2.28. The van der Waals surface area contributed by atoms with Gasteiger partial charge in [-0.2, -0.15) is 0 Å². The molecule has 0 saturated carbocycles. The summed E-state index contributed by atoms with van der Waals surface area (Å²) < 4.78 is 27.8. The fraction of sp³-hybridized carbons (Fsp3) is 0.417. The van der Waals surface area contributed by atoms with E-state index in [0.29, 0.717) is 5.69 Å². The number of halogens is 1. The van der Waals surface area contributed by atoms with Crippen LogP contribution in [-0.4, -0.2) is 40.3 Å². The minimum absolute atomic E-state index is 0. The van der Waals surface area contributed by atoms with Gasteiger partial charge in [-0.1, -0.05) is 6.07 Å². The lowest BCUT2D eigenvalue weighted by molar-refractivity contribution is -0.118. The van der Waals surface area contributed by atoms with Gasteiger partial charge in [-0.25, -0.2) is 8.42 Å². The summed E-state index contributed by atoms with van der Waals surface area (Å²) in [6.07, 6.45) is 0.887. The Morgan fingerprint density at radius 3 is 2.60 bits per heavy atom. The number of methoxy groups -OCH3 is 1. The number of carbonyl (C=O) groups excluding carboxylic acids is 1. The Morgan fingerprint density at radius 1 is 1.45 bits per heavy atom. The quantitative estimate of drug-likeness (QED) is 0.807. The van der Waals surface area contributed by atoms with Crippen LogP contribution in [0.5, 0.6) is 0 Å². The van der Waals surface area contributed by atoms with Crippen molar-refractivity contribution in [1.82, 2.24) is 0 Å². The maximum absolute atomic E-state index is 11.7. The SMILES string of the molecule is COC(CN)CC(=O)Nc1cccc(S(C)(=O)=O)c1.Cl. The first-order valence-corrected chi connectivity index (χ1v) is 7.58. The molecule has 0 aromatic heterocycles. The molecule has 1 amide bonds. The van der Waals surface area contributed by atoms with E-state index in [4.69, 9.17) is 10.5 Å². The van der Waals surface area contributed by atoms with Gasteiger partial charge in [0.2, 0.25) is 5.91 Å². The summed E-state index contributed by atoms with van der Waals surface area (Å²) in [4.78, 5) is 11.9. The number of anilines is 1.